The Hall–Kier alpha value is -2.01. The fourth-order valence-electron chi connectivity index (χ4n) is 2.34. The summed E-state index contributed by atoms with van der Waals surface area (Å²) >= 11 is 0. The molecule has 2 aromatic rings. The zero-order chi connectivity index (χ0) is 15.6. The average Bonchev–Trinajstić information content (AvgIpc) is 2.41. The number of rotatable bonds is 4. The van der Waals surface area contributed by atoms with Crippen LogP contribution in [0.3, 0.4) is 0 Å². The van der Waals surface area contributed by atoms with Crippen molar-refractivity contribution in [3.8, 4) is 0 Å². The smallest absolute Gasteiger partial charge is 0.264 e. The third-order valence-corrected chi connectivity index (χ3v) is 5.43. The maximum Gasteiger partial charge on any atom is 0.264 e. The molecule has 0 unspecified atom stereocenters. The Kier molecular flexibility index (Phi) is 4.23. The summed E-state index contributed by atoms with van der Waals surface area (Å²) in [5, 5.41) is 0. The third kappa shape index (κ3) is 3.03. The number of nitrogens with zero attached hydrogens (tertiary/aromatic N) is 1. The topological polar surface area (TPSA) is 63.4 Å². The van der Waals surface area contributed by atoms with Crippen LogP contribution in [-0.2, 0) is 10.0 Å². The summed E-state index contributed by atoms with van der Waals surface area (Å²) in [6, 6.07) is 12.2. The number of aryl methyl sites for hydroxylation is 2. The van der Waals surface area contributed by atoms with E-state index in [1.54, 1.807) is 30.3 Å². The van der Waals surface area contributed by atoms with Crippen LogP contribution in [0.2, 0.25) is 0 Å². The lowest BCUT2D eigenvalue weighted by atomic mass is 10.2. The van der Waals surface area contributed by atoms with Crippen LogP contribution in [0.25, 0.3) is 0 Å². The van der Waals surface area contributed by atoms with E-state index >= 15 is 0 Å². The highest BCUT2D eigenvalue weighted by Crippen LogP contribution is 2.26. The van der Waals surface area contributed by atoms with Crippen molar-refractivity contribution in [3.05, 3.63) is 53.6 Å². The molecular formula is C16H20N2O2S. The molecule has 0 amide bonds. The molecule has 0 fully saturated rings. The molecule has 21 heavy (non-hydrogen) atoms. The molecule has 0 bridgehead atoms. The number of hydrogen-bond acceptors (Lipinski definition) is 3. The molecule has 4 nitrogen and oxygen atoms in total. The lowest BCUT2D eigenvalue weighted by Crippen LogP contribution is -2.31. The van der Waals surface area contributed by atoms with Gasteiger partial charge in [0, 0.05) is 12.2 Å². The van der Waals surface area contributed by atoms with E-state index in [4.69, 9.17) is 5.73 Å². The van der Waals surface area contributed by atoms with E-state index in [0.717, 1.165) is 11.1 Å². The summed E-state index contributed by atoms with van der Waals surface area (Å²) in [6.07, 6.45) is 0. The Morgan fingerprint density at radius 2 is 1.67 bits per heavy atom. The van der Waals surface area contributed by atoms with Crippen LogP contribution in [0, 0.1) is 13.8 Å². The Bertz CT molecular complexity index is 737. The van der Waals surface area contributed by atoms with Gasteiger partial charge >= 0.3 is 0 Å². The van der Waals surface area contributed by atoms with Gasteiger partial charge in [0.05, 0.1) is 10.6 Å². The summed E-state index contributed by atoms with van der Waals surface area (Å²) < 4.78 is 27.1. The van der Waals surface area contributed by atoms with Gasteiger partial charge in [-0.2, -0.15) is 0 Å². The van der Waals surface area contributed by atoms with E-state index in [2.05, 4.69) is 0 Å². The van der Waals surface area contributed by atoms with Gasteiger partial charge in [-0.05, 0) is 56.7 Å². The normalized spacial score (nSPS) is 11.4. The fourth-order valence-corrected chi connectivity index (χ4v) is 4.02. The first-order chi connectivity index (χ1) is 9.86. The zero-order valence-corrected chi connectivity index (χ0v) is 13.3. The minimum Gasteiger partial charge on any atom is -0.399 e. The van der Waals surface area contributed by atoms with E-state index in [1.807, 2.05) is 32.9 Å². The van der Waals surface area contributed by atoms with Crippen molar-refractivity contribution in [1.82, 2.24) is 0 Å². The second-order valence-corrected chi connectivity index (χ2v) is 6.86. The zero-order valence-electron chi connectivity index (χ0n) is 12.5. The molecule has 0 saturated heterocycles. The quantitative estimate of drug-likeness (QED) is 0.883. The minimum atomic E-state index is -3.57. The van der Waals surface area contributed by atoms with E-state index in [1.165, 1.54) is 4.31 Å². The minimum absolute atomic E-state index is 0.340. The van der Waals surface area contributed by atoms with Gasteiger partial charge in [0.15, 0.2) is 0 Å². The van der Waals surface area contributed by atoms with Crippen LogP contribution in [-0.4, -0.2) is 15.0 Å². The Morgan fingerprint density at radius 3 is 2.19 bits per heavy atom. The number of nitrogen functional groups attached to an aromatic ring is 1. The average molecular weight is 304 g/mol. The van der Waals surface area contributed by atoms with Crippen LogP contribution in [0.5, 0.6) is 0 Å². The van der Waals surface area contributed by atoms with Gasteiger partial charge in [-0.1, -0.05) is 17.7 Å². The van der Waals surface area contributed by atoms with Gasteiger partial charge in [-0.15, -0.1) is 0 Å². The monoisotopic (exact) mass is 304 g/mol. The van der Waals surface area contributed by atoms with Gasteiger partial charge in [0.25, 0.3) is 10.0 Å². The molecule has 112 valence electrons. The second-order valence-electron chi connectivity index (χ2n) is 5.03. The van der Waals surface area contributed by atoms with Crippen molar-refractivity contribution in [2.24, 2.45) is 0 Å². The highest BCUT2D eigenvalue weighted by Gasteiger charge is 2.25. The van der Waals surface area contributed by atoms with E-state index in [-0.39, 0.29) is 0 Å². The molecular weight excluding hydrogens is 284 g/mol. The van der Waals surface area contributed by atoms with Crippen LogP contribution in [0.15, 0.2) is 47.4 Å². The molecule has 0 aliphatic heterocycles. The van der Waals surface area contributed by atoms with Gasteiger partial charge < -0.3 is 5.73 Å². The number of nitrogens with two attached hydrogens (primary N) is 1. The molecule has 2 rings (SSSR count). The molecule has 0 saturated carbocycles. The number of hydrogen-bond donors (Lipinski definition) is 1. The first-order valence-electron chi connectivity index (χ1n) is 6.82. The Labute approximate surface area is 126 Å². The predicted octanol–water partition coefficient (Wildman–Crippen LogP) is 3.10. The predicted molar refractivity (Wildman–Crippen MR) is 87.0 cm³/mol. The van der Waals surface area contributed by atoms with E-state index < -0.39 is 10.0 Å². The maximum absolute atomic E-state index is 12.9. The third-order valence-electron chi connectivity index (χ3n) is 3.37. The largest absolute Gasteiger partial charge is 0.399 e. The molecule has 0 aliphatic carbocycles. The van der Waals surface area contributed by atoms with Crippen molar-refractivity contribution in [2.45, 2.75) is 25.7 Å². The van der Waals surface area contributed by atoms with Crippen molar-refractivity contribution < 1.29 is 8.42 Å². The van der Waals surface area contributed by atoms with Crippen LogP contribution >= 0.6 is 0 Å². The molecule has 2 aromatic carbocycles. The van der Waals surface area contributed by atoms with Gasteiger partial charge in [-0.3, -0.25) is 4.31 Å². The lowest BCUT2D eigenvalue weighted by Gasteiger charge is -2.24. The molecule has 0 radical (unpaired) electrons. The SMILES string of the molecule is CCN(c1ccc(N)cc1)S(=O)(=O)c1ccc(C)cc1C. The molecule has 0 aromatic heterocycles. The molecule has 0 spiro atoms. The standard InChI is InChI=1S/C16H20N2O2S/c1-4-18(15-8-6-14(17)7-9-15)21(19,20)16-10-5-12(2)11-13(16)3/h5-11H,4,17H2,1-3H3. The Morgan fingerprint density at radius 1 is 1.05 bits per heavy atom. The van der Waals surface area contributed by atoms with E-state index in [9.17, 15) is 8.42 Å². The van der Waals surface area contributed by atoms with Crippen molar-refractivity contribution >= 4 is 21.4 Å². The van der Waals surface area contributed by atoms with Gasteiger partial charge in [0.1, 0.15) is 0 Å². The number of benzene rings is 2. The van der Waals surface area contributed by atoms with Crippen LogP contribution in [0.1, 0.15) is 18.1 Å². The first-order valence-corrected chi connectivity index (χ1v) is 8.26. The van der Waals surface area contributed by atoms with Gasteiger partial charge in [-0.25, -0.2) is 8.42 Å². The van der Waals surface area contributed by atoms with Crippen molar-refractivity contribution in [1.29, 1.82) is 0 Å². The highest BCUT2D eigenvalue weighted by molar-refractivity contribution is 7.92. The fraction of sp³-hybridized carbons (Fsp3) is 0.250. The molecule has 5 heteroatoms. The summed E-state index contributed by atoms with van der Waals surface area (Å²) in [7, 11) is -3.57. The lowest BCUT2D eigenvalue weighted by molar-refractivity contribution is 0.591. The summed E-state index contributed by atoms with van der Waals surface area (Å²) in [4.78, 5) is 0.340. The number of sulfonamides is 1. The first kappa shape index (κ1) is 15.4. The van der Waals surface area contributed by atoms with Gasteiger partial charge in [0.2, 0.25) is 0 Å². The molecule has 0 aliphatic rings. The molecule has 0 heterocycles. The summed E-state index contributed by atoms with van der Waals surface area (Å²) in [5.41, 5.74) is 8.69. The molecule has 2 N–H and O–H groups in total. The van der Waals surface area contributed by atoms with Crippen LogP contribution in [0.4, 0.5) is 11.4 Å². The second kappa shape index (κ2) is 5.77. The van der Waals surface area contributed by atoms with Crippen molar-refractivity contribution in [3.63, 3.8) is 0 Å². The van der Waals surface area contributed by atoms with Crippen LogP contribution < -0.4 is 10.0 Å². The summed E-state index contributed by atoms with van der Waals surface area (Å²) in [5.74, 6) is 0. The maximum atomic E-state index is 12.9. The number of anilines is 2. The Balaban J connectivity index is 2.51. The highest BCUT2D eigenvalue weighted by atomic mass is 32.2. The summed E-state index contributed by atoms with van der Waals surface area (Å²) in [6.45, 7) is 5.94. The molecule has 0 atom stereocenters. The van der Waals surface area contributed by atoms with E-state index in [0.29, 0.717) is 22.8 Å². The van der Waals surface area contributed by atoms with Crippen molar-refractivity contribution in [2.75, 3.05) is 16.6 Å².